The number of hydrogen-bond donors (Lipinski definition) is 1. The van der Waals surface area contributed by atoms with Crippen LogP contribution in [-0.4, -0.2) is 61.5 Å². The van der Waals surface area contributed by atoms with Gasteiger partial charge < -0.3 is 15.1 Å². The molecule has 0 aliphatic carbocycles. The third-order valence-corrected chi connectivity index (χ3v) is 3.25. The van der Waals surface area contributed by atoms with E-state index in [1.54, 1.807) is 0 Å². The number of hydrogen-bond acceptors (Lipinski definition) is 3. The van der Waals surface area contributed by atoms with Crippen molar-refractivity contribution in [1.82, 2.24) is 15.1 Å². The lowest BCUT2D eigenvalue weighted by molar-refractivity contribution is -0.129. The quantitative estimate of drug-likeness (QED) is 0.755. The fraction of sp³-hybridized carbons (Fsp3) is 0.917. The van der Waals surface area contributed by atoms with Gasteiger partial charge in [-0.15, -0.1) is 0 Å². The van der Waals surface area contributed by atoms with Crippen molar-refractivity contribution < 1.29 is 4.79 Å². The van der Waals surface area contributed by atoms with E-state index in [4.69, 9.17) is 0 Å². The Morgan fingerprint density at radius 3 is 2.50 bits per heavy atom. The zero-order valence-electron chi connectivity index (χ0n) is 11.2. The van der Waals surface area contributed by atoms with Crippen molar-refractivity contribution in [2.24, 2.45) is 5.92 Å². The van der Waals surface area contributed by atoms with E-state index in [-0.39, 0.29) is 5.91 Å². The van der Waals surface area contributed by atoms with Crippen molar-refractivity contribution in [3.8, 4) is 0 Å². The van der Waals surface area contributed by atoms with E-state index in [9.17, 15) is 4.79 Å². The highest BCUT2D eigenvalue weighted by molar-refractivity contribution is 5.78. The summed E-state index contributed by atoms with van der Waals surface area (Å²) in [7, 11) is 4.17. The van der Waals surface area contributed by atoms with E-state index >= 15 is 0 Å². The summed E-state index contributed by atoms with van der Waals surface area (Å²) < 4.78 is 0. The maximum absolute atomic E-state index is 11.9. The Morgan fingerprint density at radius 1 is 1.44 bits per heavy atom. The molecule has 0 aromatic heterocycles. The minimum atomic E-state index is 0.227. The lowest BCUT2D eigenvalue weighted by atomic mass is 10.1. The van der Waals surface area contributed by atoms with E-state index in [0.29, 0.717) is 24.5 Å². The van der Waals surface area contributed by atoms with Gasteiger partial charge in [-0.3, -0.25) is 4.79 Å². The molecular formula is C12H25N3O. The number of nitrogens with zero attached hydrogens (tertiary/aromatic N) is 2. The van der Waals surface area contributed by atoms with Crippen LogP contribution in [0.3, 0.4) is 0 Å². The third-order valence-electron chi connectivity index (χ3n) is 3.25. The van der Waals surface area contributed by atoms with Crippen molar-refractivity contribution in [3.05, 3.63) is 0 Å². The van der Waals surface area contributed by atoms with Gasteiger partial charge in [0.1, 0.15) is 0 Å². The molecule has 94 valence electrons. The molecule has 0 aromatic rings. The summed E-state index contributed by atoms with van der Waals surface area (Å²) in [5.41, 5.74) is 0. The van der Waals surface area contributed by atoms with Crippen LogP contribution in [0, 0.1) is 5.92 Å². The third kappa shape index (κ3) is 3.46. The van der Waals surface area contributed by atoms with Crippen molar-refractivity contribution in [2.45, 2.75) is 32.9 Å². The van der Waals surface area contributed by atoms with Gasteiger partial charge in [-0.05, 0) is 20.0 Å². The maximum atomic E-state index is 11.9. The molecule has 1 aliphatic heterocycles. The second-order valence-corrected chi connectivity index (χ2v) is 5.34. The summed E-state index contributed by atoms with van der Waals surface area (Å²) in [6, 6.07) is 0.872. The topological polar surface area (TPSA) is 35.6 Å². The fourth-order valence-corrected chi connectivity index (χ4v) is 2.23. The first-order valence-electron chi connectivity index (χ1n) is 6.09. The number of likely N-dealkylation sites (tertiary alicyclic amines) is 1. The number of carbonyl (C=O) groups is 1. The summed E-state index contributed by atoms with van der Waals surface area (Å²) in [5, 5.41) is 3.18. The molecule has 2 atom stereocenters. The molecule has 1 fully saturated rings. The molecule has 1 heterocycles. The Morgan fingerprint density at radius 2 is 2.06 bits per heavy atom. The SMILES string of the molecule is CC(C)NCC(=O)N1CC(C)C(N(C)C)C1. The summed E-state index contributed by atoms with van der Waals surface area (Å²) >= 11 is 0. The molecule has 0 bridgehead atoms. The van der Waals surface area contributed by atoms with Crippen LogP contribution >= 0.6 is 0 Å². The Hall–Kier alpha value is -0.610. The second-order valence-electron chi connectivity index (χ2n) is 5.34. The smallest absolute Gasteiger partial charge is 0.236 e. The largest absolute Gasteiger partial charge is 0.340 e. The zero-order valence-corrected chi connectivity index (χ0v) is 11.2. The van der Waals surface area contributed by atoms with E-state index in [1.165, 1.54) is 0 Å². The molecule has 2 unspecified atom stereocenters. The van der Waals surface area contributed by atoms with Crippen LogP contribution in [-0.2, 0) is 4.79 Å². The van der Waals surface area contributed by atoms with E-state index < -0.39 is 0 Å². The summed E-state index contributed by atoms with van der Waals surface area (Å²) in [6.07, 6.45) is 0. The van der Waals surface area contributed by atoms with Crippen molar-refractivity contribution in [2.75, 3.05) is 33.7 Å². The standard InChI is InChI=1S/C12H25N3O/c1-9(2)13-6-12(16)15-7-10(3)11(8-15)14(4)5/h9-11,13H,6-8H2,1-5H3. The molecule has 4 heteroatoms. The van der Waals surface area contributed by atoms with Gasteiger partial charge in [0.2, 0.25) is 5.91 Å². The molecule has 1 saturated heterocycles. The lowest BCUT2D eigenvalue weighted by Crippen LogP contribution is -2.40. The Labute approximate surface area is 99.0 Å². The minimum absolute atomic E-state index is 0.227. The Balaban J connectivity index is 2.42. The number of likely N-dealkylation sites (N-methyl/N-ethyl adjacent to an activating group) is 1. The highest BCUT2D eigenvalue weighted by Gasteiger charge is 2.33. The zero-order chi connectivity index (χ0) is 12.3. The molecule has 1 rings (SSSR count). The van der Waals surface area contributed by atoms with Crippen LogP contribution < -0.4 is 5.32 Å². The molecule has 0 saturated carbocycles. The molecule has 0 radical (unpaired) electrons. The Bertz CT molecular complexity index is 240. The van der Waals surface area contributed by atoms with Crippen molar-refractivity contribution >= 4 is 5.91 Å². The minimum Gasteiger partial charge on any atom is -0.340 e. The number of nitrogens with one attached hydrogen (secondary N) is 1. The van der Waals surface area contributed by atoms with Gasteiger partial charge in [0.25, 0.3) is 0 Å². The average Bonchev–Trinajstić information content (AvgIpc) is 2.56. The molecule has 0 aromatic carbocycles. The number of amides is 1. The average molecular weight is 227 g/mol. The lowest BCUT2D eigenvalue weighted by Gasteiger charge is -2.22. The van der Waals surface area contributed by atoms with Crippen LogP contribution in [0.4, 0.5) is 0 Å². The first kappa shape index (κ1) is 13.5. The first-order chi connectivity index (χ1) is 7.41. The molecule has 1 N–H and O–H groups in total. The van der Waals surface area contributed by atoms with Gasteiger partial charge in [0, 0.05) is 25.2 Å². The Kier molecular flexibility index (Phi) is 4.74. The van der Waals surface area contributed by atoms with Gasteiger partial charge in [-0.2, -0.15) is 0 Å². The monoisotopic (exact) mass is 227 g/mol. The van der Waals surface area contributed by atoms with Gasteiger partial charge in [0.05, 0.1) is 6.54 Å². The van der Waals surface area contributed by atoms with Gasteiger partial charge in [-0.25, -0.2) is 0 Å². The predicted octanol–water partition coefficient (Wildman–Crippen LogP) is 0.393. The van der Waals surface area contributed by atoms with Crippen molar-refractivity contribution in [1.29, 1.82) is 0 Å². The van der Waals surface area contributed by atoms with E-state index in [0.717, 1.165) is 13.1 Å². The van der Waals surface area contributed by atoms with Crippen LogP contribution in [0.25, 0.3) is 0 Å². The van der Waals surface area contributed by atoms with Crippen LogP contribution in [0.15, 0.2) is 0 Å². The number of carbonyl (C=O) groups excluding carboxylic acids is 1. The maximum Gasteiger partial charge on any atom is 0.236 e. The molecule has 1 aliphatic rings. The molecular weight excluding hydrogens is 202 g/mol. The van der Waals surface area contributed by atoms with E-state index in [1.807, 2.05) is 4.90 Å². The summed E-state index contributed by atoms with van der Waals surface area (Å²) in [4.78, 5) is 16.1. The molecule has 4 nitrogen and oxygen atoms in total. The summed E-state index contributed by atoms with van der Waals surface area (Å²) in [6.45, 7) is 8.55. The van der Waals surface area contributed by atoms with Gasteiger partial charge in [-0.1, -0.05) is 20.8 Å². The normalized spacial score (nSPS) is 25.8. The predicted molar refractivity (Wildman–Crippen MR) is 66.4 cm³/mol. The summed E-state index contributed by atoms with van der Waals surface area (Å²) in [5.74, 6) is 0.794. The highest BCUT2D eigenvalue weighted by atomic mass is 16.2. The molecule has 0 spiro atoms. The first-order valence-corrected chi connectivity index (χ1v) is 6.09. The van der Waals surface area contributed by atoms with Crippen LogP contribution in [0.2, 0.25) is 0 Å². The van der Waals surface area contributed by atoms with E-state index in [2.05, 4.69) is 45.1 Å². The van der Waals surface area contributed by atoms with Gasteiger partial charge >= 0.3 is 0 Å². The number of rotatable bonds is 4. The second kappa shape index (κ2) is 5.64. The molecule has 1 amide bonds. The molecule has 16 heavy (non-hydrogen) atoms. The van der Waals surface area contributed by atoms with Gasteiger partial charge in [0.15, 0.2) is 0 Å². The highest BCUT2D eigenvalue weighted by Crippen LogP contribution is 2.19. The van der Waals surface area contributed by atoms with Crippen LogP contribution in [0.1, 0.15) is 20.8 Å². The van der Waals surface area contributed by atoms with Crippen molar-refractivity contribution in [3.63, 3.8) is 0 Å². The van der Waals surface area contributed by atoms with Crippen LogP contribution in [0.5, 0.6) is 0 Å². The fourth-order valence-electron chi connectivity index (χ4n) is 2.23.